The van der Waals surface area contributed by atoms with Crippen LogP contribution in [0.15, 0.2) is 139 Å². The van der Waals surface area contributed by atoms with Crippen molar-refractivity contribution in [1.29, 1.82) is 0 Å². The predicted molar refractivity (Wildman–Crippen MR) is 165 cm³/mol. The van der Waals surface area contributed by atoms with Gasteiger partial charge in [0, 0.05) is 30.3 Å². The standard InChI is InChI=1S/C35H33N3O2/c39-25-23-28-11-17-31(18-12-28)37(32-19-13-29(14-20-32)24-26-40)33-21-15-30(16-22-33)27-36-38(34-7-3-1-4-8-34)35-9-5-2-6-10-35/h1-22,27,39-40H,23-26H2/b36-27+. The summed E-state index contributed by atoms with van der Waals surface area (Å²) in [5, 5.41) is 25.4. The smallest absolute Gasteiger partial charge is 0.0652 e. The van der Waals surface area contributed by atoms with Crippen LogP contribution in [0.3, 0.4) is 0 Å². The van der Waals surface area contributed by atoms with Gasteiger partial charge < -0.3 is 15.1 Å². The summed E-state index contributed by atoms with van der Waals surface area (Å²) < 4.78 is 0. The third-order valence-corrected chi connectivity index (χ3v) is 6.67. The van der Waals surface area contributed by atoms with E-state index >= 15 is 0 Å². The zero-order chi connectivity index (χ0) is 27.6. The first-order chi connectivity index (χ1) is 19.7. The molecule has 5 heteroatoms. The Morgan fingerprint density at radius 3 is 1.27 bits per heavy atom. The van der Waals surface area contributed by atoms with Crippen LogP contribution in [0.1, 0.15) is 16.7 Å². The molecule has 5 rings (SSSR count). The third-order valence-electron chi connectivity index (χ3n) is 6.67. The van der Waals surface area contributed by atoms with Crippen LogP contribution in [-0.2, 0) is 12.8 Å². The number of rotatable bonds is 11. The van der Waals surface area contributed by atoms with E-state index in [9.17, 15) is 10.2 Å². The number of hydrazone groups is 1. The van der Waals surface area contributed by atoms with Crippen molar-refractivity contribution in [3.05, 3.63) is 150 Å². The molecule has 40 heavy (non-hydrogen) atoms. The van der Waals surface area contributed by atoms with Gasteiger partial charge in [0.15, 0.2) is 0 Å². The number of aliphatic hydroxyl groups excluding tert-OH is 2. The molecule has 0 unspecified atom stereocenters. The first-order valence-electron chi connectivity index (χ1n) is 13.5. The van der Waals surface area contributed by atoms with Crippen LogP contribution in [0.25, 0.3) is 0 Å². The Hall–Kier alpha value is -4.71. The van der Waals surface area contributed by atoms with Gasteiger partial charge in [0.25, 0.3) is 0 Å². The molecule has 0 saturated heterocycles. The summed E-state index contributed by atoms with van der Waals surface area (Å²) in [5.41, 5.74) is 8.22. The summed E-state index contributed by atoms with van der Waals surface area (Å²) in [6.07, 6.45) is 3.14. The third kappa shape index (κ3) is 6.64. The summed E-state index contributed by atoms with van der Waals surface area (Å²) >= 11 is 0. The highest BCUT2D eigenvalue weighted by Crippen LogP contribution is 2.35. The van der Waals surface area contributed by atoms with Gasteiger partial charge in [-0.25, -0.2) is 5.01 Å². The molecule has 0 bridgehead atoms. The molecule has 0 radical (unpaired) electrons. The van der Waals surface area contributed by atoms with Crippen LogP contribution < -0.4 is 9.91 Å². The second kappa shape index (κ2) is 13.4. The van der Waals surface area contributed by atoms with Crippen molar-refractivity contribution in [3.8, 4) is 0 Å². The van der Waals surface area contributed by atoms with Crippen molar-refractivity contribution >= 4 is 34.7 Å². The lowest BCUT2D eigenvalue weighted by atomic mass is 10.1. The Labute approximate surface area is 235 Å². The van der Waals surface area contributed by atoms with Crippen molar-refractivity contribution in [3.63, 3.8) is 0 Å². The summed E-state index contributed by atoms with van der Waals surface area (Å²) in [7, 11) is 0. The highest BCUT2D eigenvalue weighted by atomic mass is 16.3. The summed E-state index contributed by atoms with van der Waals surface area (Å²) in [6, 6.07) is 45.1. The summed E-state index contributed by atoms with van der Waals surface area (Å²) in [5.74, 6) is 0. The van der Waals surface area contributed by atoms with Crippen LogP contribution >= 0.6 is 0 Å². The van der Waals surface area contributed by atoms with Gasteiger partial charge in [-0.2, -0.15) is 5.10 Å². The maximum Gasteiger partial charge on any atom is 0.0652 e. The van der Waals surface area contributed by atoms with Crippen molar-refractivity contribution in [1.82, 2.24) is 0 Å². The maximum absolute atomic E-state index is 9.32. The van der Waals surface area contributed by atoms with Gasteiger partial charge in [-0.1, -0.05) is 72.8 Å². The zero-order valence-electron chi connectivity index (χ0n) is 22.3. The maximum atomic E-state index is 9.32. The second-order valence-corrected chi connectivity index (χ2v) is 9.43. The molecule has 0 aromatic heterocycles. The number of para-hydroxylation sites is 2. The number of nitrogens with zero attached hydrogens (tertiary/aromatic N) is 3. The first kappa shape index (κ1) is 26.9. The summed E-state index contributed by atoms with van der Waals surface area (Å²) in [6.45, 7) is 0.259. The van der Waals surface area contributed by atoms with E-state index in [0.29, 0.717) is 12.8 Å². The second-order valence-electron chi connectivity index (χ2n) is 9.43. The number of aliphatic hydroxyl groups is 2. The van der Waals surface area contributed by atoms with E-state index in [2.05, 4.69) is 77.7 Å². The molecule has 5 nitrogen and oxygen atoms in total. The van der Waals surface area contributed by atoms with Gasteiger partial charge >= 0.3 is 0 Å². The lowest BCUT2D eigenvalue weighted by molar-refractivity contribution is 0.299. The normalized spacial score (nSPS) is 11.1. The highest BCUT2D eigenvalue weighted by molar-refractivity contribution is 5.84. The van der Waals surface area contributed by atoms with Crippen molar-refractivity contribution < 1.29 is 10.2 Å². The molecule has 0 fully saturated rings. The molecule has 5 aromatic rings. The minimum atomic E-state index is 0.129. The molecule has 200 valence electrons. The Kier molecular flexibility index (Phi) is 8.99. The number of hydrogen-bond acceptors (Lipinski definition) is 5. The number of hydrogen-bond donors (Lipinski definition) is 2. The summed E-state index contributed by atoms with van der Waals surface area (Å²) in [4.78, 5) is 2.20. The monoisotopic (exact) mass is 527 g/mol. The van der Waals surface area contributed by atoms with Crippen LogP contribution in [-0.4, -0.2) is 29.6 Å². The fourth-order valence-corrected chi connectivity index (χ4v) is 4.58. The van der Waals surface area contributed by atoms with Gasteiger partial charge in [0.2, 0.25) is 0 Å². The van der Waals surface area contributed by atoms with E-state index in [4.69, 9.17) is 5.10 Å². The molecule has 2 N–H and O–H groups in total. The average Bonchev–Trinajstić information content (AvgIpc) is 3.01. The lowest BCUT2D eigenvalue weighted by Gasteiger charge is -2.26. The Balaban J connectivity index is 1.44. The zero-order valence-corrected chi connectivity index (χ0v) is 22.3. The SMILES string of the molecule is OCCc1ccc(N(c2ccc(/C=N/N(c3ccccc3)c3ccccc3)cc2)c2ccc(CCO)cc2)cc1. The van der Waals surface area contributed by atoms with E-state index in [1.54, 1.807) is 0 Å². The van der Waals surface area contributed by atoms with Crippen LogP contribution in [0.5, 0.6) is 0 Å². The van der Waals surface area contributed by atoms with Crippen LogP contribution in [0.4, 0.5) is 28.4 Å². The quantitative estimate of drug-likeness (QED) is 0.139. The van der Waals surface area contributed by atoms with Crippen molar-refractivity contribution in [2.24, 2.45) is 5.10 Å². The van der Waals surface area contributed by atoms with Gasteiger partial charge in [0.1, 0.15) is 0 Å². The van der Waals surface area contributed by atoms with Crippen molar-refractivity contribution in [2.45, 2.75) is 12.8 Å². The molecule has 0 atom stereocenters. The van der Waals surface area contributed by atoms with E-state index < -0.39 is 0 Å². The molecule has 0 amide bonds. The minimum absolute atomic E-state index is 0.129. The number of anilines is 5. The molecule has 0 spiro atoms. The van der Waals surface area contributed by atoms with E-state index in [0.717, 1.165) is 45.1 Å². The van der Waals surface area contributed by atoms with E-state index in [1.807, 2.05) is 71.9 Å². The molecule has 0 aliphatic heterocycles. The van der Waals surface area contributed by atoms with Gasteiger partial charge in [-0.05, 0) is 90.2 Å². The molecule has 0 heterocycles. The van der Waals surface area contributed by atoms with E-state index in [1.165, 1.54) is 0 Å². The molecule has 5 aromatic carbocycles. The topological polar surface area (TPSA) is 59.3 Å². The molecule has 0 aliphatic carbocycles. The lowest BCUT2D eigenvalue weighted by Crippen LogP contribution is -2.11. The predicted octanol–water partition coefficient (Wildman–Crippen LogP) is 7.40. The molecule has 0 aliphatic rings. The fraction of sp³-hybridized carbons (Fsp3) is 0.114. The molecule has 0 saturated carbocycles. The Bertz CT molecular complexity index is 1400. The van der Waals surface area contributed by atoms with Gasteiger partial charge in [0.05, 0.1) is 17.6 Å². The van der Waals surface area contributed by atoms with Crippen molar-refractivity contribution in [2.75, 3.05) is 23.1 Å². The average molecular weight is 528 g/mol. The van der Waals surface area contributed by atoms with Gasteiger partial charge in [-0.15, -0.1) is 0 Å². The molecular weight excluding hydrogens is 494 g/mol. The van der Waals surface area contributed by atoms with E-state index in [-0.39, 0.29) is 13.2 Å². The Morgan fingerprint density at radius 1 is 0.475 bits per heavy atom. The van der Waals surface area contributed by atoms with Crippen LogP contribution in [0.2, 0.25) is 0 Å². The van der Waals surface area contributed by atoms with Crippen LogP contribution in [0, 0.1) is 0 Å². The minimum Gasteiger partial charge on any atom is -0.396 e. The molecular formula is C35H33N3O2. The largest absolute Gasteiger partial charge is 0.396 e. The van der Waals surface area contributed by atoms with Gasteiger partial charge in [-0.3, -0.25) is 0 Å². The highest BCUT2D eigenvalue weighted by Gasteiger charge is 2.13. The number of benzene rings is 5. The Morgan fingerprint density at radius 2 is 0.875 bits per heavy atom. The fourth-order valence-electron chi connectivity index (χ4n) is 4.58. The first-order valence-corrected chi connectivity index (χ1v) is 13.5.